The number of fused-ring (bicyclic) bond motifs is 4. The summed E-state index contributed by atoms with van der Waals surface area (Å²) in [4.78, 5) is 112. The smallest absolute Gasteiger partial charge is 0.266 e. The monoisotopic (exact) mass is 888 g/mol. The van der Waals surface area contributed by atoms with Crippen molar-refractivity contribution >= 4 is 58.6 Å². The highest BCUT2D eigenvalue weighted by molar-refractivity contribution is 6.36. The van der Waals surface area contributed by atoms with Gasteiger partial charge in [-0.1, -0.05) is 76.2 Å². The van der Waals surface area contributed by atoms with E-state index in [4.69, 9.17) is 0 Å². The lowest BCUT2D eigenvalue weighted by Crippen LogP contribution is -2.31. The van der Waals surface area contributed by atoms with Gasteiger partial charge in [0, 0.05) is 14.1 Å². The second-order valence-electron chi connectivity index (χ2n) is 17.4. The Morgan fingerprint density at radius 1 is 0.313 bits per heavy atom. The molecule has 0 radical (unpaired) electrons. The first-order chi connectivity index (χ1) is 32.2. The van der Waals surface area contributed by atoms with Crippen molar-refractivity contribution in [1.29, 1.82) is 0 Å². The van der Waals surface area contributed by atoms with E-state index in [9.17, 15) is 38.4 Å². The molecule has 0 saturated heterocycles. The van der Waals surface area contributed by atoms with E-state index in [0.29, 0.717) is 88.0 Å². The maximum Gasteiger partial charge on any atom is 0.266 e. The van der Waals surface area contributed by atoms with E-state index in [1.807, 2.05) is 52.0 Å². The highest BCUT2D eigenvalue weighted by atomic mass is 16.2. The van der Waals surface area contributed by atoms with Crippen molar-refractivity contribution in [2.75, 3.05) is 23.9 Å². The molecule has 12 heteroatoms. The van der Waals surface area contributed by atoms with Gasteiger partial charge in [0.05, 0.1) is 55.9 Å². The molecule has 0 aliphatic carbocycles. The van der Waals surface area contributed by atoms with Crippen molar-refractivity contribution in [3.05, 3.63) is 175 Å². The number of rotatable bonds is 10. The molecule has 4 aliphatic rings. The molecule has 4 heterocycles. The van der Waals surface area contributed by atoms with Crippen LogP contribution in [0.5, 0.6) is 0 Å². The topological polar surface area (TPSA) is 150 Å². The van der Waals surface area contributed by atoms with Crippen LogP contribution in [0, 0.1) is 0 Å². The average molecular weight is 889 g/mol. The molecule has 6 aromatic rings. The average Bonchev–Trinajstić information content (AvgIpc) is 3.92. The largest absolute Gasteiger partial charge is 0.277 e. The molecule has 0 aromatic heterocycles. The van der Waals surface area contributed by atoms with Gasteiger partial charge >= 0.3 is 0 Å². The highest BCUT2D eigenvalue weighted by Crippen LogP contribution is 2.41. The van der Waals surface area contributed by atoms with Gasteiger partial charge in [-0.05, 0) is 136 Å². The third-order valence-corrected chi connectivity index (χ3v) is 13.7. The summed E-state index contributed by atoms with van der Waals surface area (Å²) in [7, 11) is 2.88. The summed E-state index contributed by atoms with van der Waals surface area (Å²) in [6.45, 7) is 7.97. The highest BCUT2D eigenvalue weighted by Gasteiger charge is 2.41. The van der Waals surface area contributed by atoms with E-state index >= 15 is 0 Å². The standard InChI is InChI=1S/C55H44N4O8/c1-7-30-20-28(21-31(8-2)46(30)58-52(64)40-17-13-36(26-44(40)54(58)66)34-11-15-38-42(24-34)50(62)56(5)48(38)60)19-29-22-32(9-3)47(33(10-4)23-29)59-53(65)41-18-14-37(27-45(41)55(59)67)35-12-16-39-43(25-35)51(63)57(6)49(39)61/h11-18,20-27H,7-10,19H2,1-6H3. The van der Waals surface area contributed by atoms with Crippen LogP contribution in [0.4, 0.5) is 11.4 Å². The summed E-state index contributed by atoms with van der Waals surface area (Å²) in [6, 6.07) is 28.3. The van der Waals surface area contributed by atoms with Crippen molar-refractivity contribution in [3.8, 4) is 22.3 Å². The zero-order valence-corrected chi connectivity index (χ0v) is 37.8. The van der Waals surface area contributed by atoms with Gasteiger partial charge in [0.15, 0.2) is 0 Å². The van der Waals surface area contributed by atoms with Crippen molar-refractivity contribution in [3.63, 3.8) is 0 Å². The number of nitrogens with zero attached hydrogens (tertiary/aromatic N) is 4. The number of hydrogen-bond acceptors (Lipinski definition) is 8. The molecule has 0 spiro atoms. The third-order valence-electron chi connectivity index (χ3n) is 13.7. The minimum absolute atomic E-state index is 0.261. The molecule has 0 atom stereocenters. The van der Waals surface area contributed by atoms with Gasteiger partial charge in [-0.3, -0.25) is 48.2 Å². The van der Waals surface area contributed by atoms with Crippen LogP contribution in [-0.2, 0) is 32.1 Å². The molecule has 0 fully saturated rings. The van der Waals surface area contributed by atoms with Crippen LogP contribution >= 0.6 is 0 Å². The predicted octanol–water partition coefficient (Wildman–Crippen LogP) is 8.91. The fourth-order valence-electron chi connectivity index (χ4n) is 10.1. The van der Waals surface area contributed by atoms with Gasteiger partial charge in [-0.2, -0.15) is 0 Å². The molecule has 4 aliphatic heterocycles. The van der Waals surface area contributed by atoms with Crippen LogP contribution in [0.2, 0.25) is 0 Å². The Hall–Kier alpha value is -8.12. The van der Waals surface area contributed by atoms with E-state index in [0.717, 1.165) is 43.2 Å². The van der Waals surface area contributed by atoms with Gasteiger partial charge < -0.3 is 0 Å². The molecule has 0 bridgehead atoms. The normalized spacial score (nSPS) is 15.1. The number of carbonyl (C=O) groups excluding carboxylic acids is 8. The number of hydrogen-bond donors (Lipinski definition) is 0. The number of aryl methyl sites for hydroxylation is 4. The van der Waals surface area contributed by atoms with Crippen molar-refractivity contribution in [1.82, 2.24) is 9.80 Å². The molecule has 12 nitrogen and oxygen atoms in total. The first-order valence-electron chi connectivity index (χ1n) is 22.5. The second-order valence-corrected chi connectivity index (χ2v) is 17.4. The Balaban J connectivity index is 0.935. The minimum Gasteiger partial charge on any atom is -0.277 e. The number of amides is 8. The molecule has 0 unspecified atom stereocenters. The Labute approximate surface area is 386 Å². The van der Waals surface area contributed by atoms with E-state index in [1.165, 1.54) is 23.9 Å². The molecule has 10 rings (SSSR count). The lowest BCUT2D eigenvalue weighted by Gasteiger charge is -2.24. The fraction of sp³-hybridized carbons (Fsp3) is 0.200. The first kappa shape index (κ1) is 42.8. The van der Waals surface area contributed by atoms with Crippen LogP contribution in [0.1, 0.15) is 144 Å². The maximum absolute atomic E-state index is 14.3. The summed E-state index contributed by atoms with van der Waals surface area (Å²) < 4.78 is 0. The van der Waals surface area contributed by atoms with Gasteiger partial charge in [0.25, 0.3) is 47.3 Å². The van der Waals surface area contributed by atoms with Crippen LogP contribution < -0.4 is 9.80 Å². The quantitative estimate of drug-likeness (QED) is 0.124. The molecular formula is C55H44N4O8. The zero-order valence-electron chi connectivity index (χ0n) is 37.8. The molecule has 0 N–H and O–H groups in total. The molecule has 67 heavy (non-hydrogen) atoms. The van der Waals surface area contributed by atoms with Gasteiger partial charge in [-0.25, -0.2) is 9.80 Å². The summed E-state index contributed by atoms with van der Waals surface area (Å²) in [5.74, 6) is -3.20. The van der Waals surface area contributed by atoms with E-state index in [2.05, 4.69) is 0 Å². The molecule has 0 saturated carbocycles. The Morgan fingerprint density at radius 3 is 0.836 bits per heavy atom. The SMILES string of the molecule is CCc1cc(Cc2cc(CC)c(N3C(=O)c4ccc(-c5ccc6c(c5)C(=O)N(C)C6=O)cc4C3=O)c(CC)c2)cc(CC)c1N1C(=O)c2ccc(-c3ccc4c(c3)C(=O)N(C)C4=O)cc2C1=O. The molecule has 6 aromatic carbocycles. The second kappa shape index (κ2) is 15.8. The number of carbonyl (C=O) groups is 8. The Bertz CT molecular complexity index is 3060. The van der Waals surface area contributed by atoms with E-state index in [1.54, 1.807) is 72.8 Å². The van der Waals surface area contributed by atoms with Crippen LogP contribution in [-0.4, -0.2) is 71.2 Å². The fourth-order valence-corrected chi connectivity index (χ4v) is 10.1. The van der Waals surface area contributed by atoms with Gasteiger partial charge in [0.2, 0.25) is 0 Å². The maximum atomic E-state index is 14.3. The Morgan fingerprint density at radius 2 is 0.552 bits per heavy atom. The number of imide groups is 4. The summed E-state index contributed by atoms with van der Waals surface area (Å²) in [6.07, 6.45) is 2.72. The summed E-state index contributed by atoms with van der Waals surface area (Å²) >= 11 is 0. The van der Waals surface area contributed by atoms with Crippen LogP contribution in [0.15, 0.2) is 97.1 Å². The van der Waals surface area contributed by atoms with Gasteiger partial charge in [-0.15, -0.1) is 0 Å². The summed E-state index contributed by atoms with van der Waals surface area (Å²) in [5, 5.41) is 0. The van der Waals surface area contributed by atoms with Crippen molar-refractivity contribution in [2.45, 2.75) is 59.8 Å². The van der Waals surface area contributed by atoms with Crippen molar-refractivity contribution < 1.29 is 38.4 Å². The lowest BCUT2D eigenvalue weighted by molar-refractivity contribution is 0.0678. The molecule has 8 amide bonds. The lowest BCUT2D eigenvalue weighted by atomic mass is 9.92. The van der Waals surface area contributed by atoms with Crippen molar-refractivity contribution in [2.24, 2.45) is 0 Å². The third kappa shape index (κ3) is 6.41. The molecule has 332 valence electrons. The van der Waals surface area contributed by atoms with Crippen LogP contribution in [0.25, 0.3) is 22.3 Å². The van der Waals surface area contributed by atoms with E-state index in [-0.39, 0.29) is 34.1 Å². The first-order valence-corrected chi connectivity index (χ1v) is 22.5. The zero-order chi connectivity index (χ0) is 47.3. The molecular weight excluding hydrogens is 845 g/mol. The Kier molecular flexibility index (Phi) is 10.1. The van der Waals surface area contributed by atoms with Gasteiger partial charge in [0.1, 0.15) is 0 Å². The number of benzene rings is 6. The van der Waals surface area contributed by atoms with Crippen LogP contribution in [0.3, 0.4) is 0 Å². The van der Waals surface area contributed by atoms with E-state index < -0.39 is 35.4 Å². The predicted molar refractivity (Wildman–Crippen MR) is 252 cm³/mol. The number of anilines is 2. The minimum atomic E-state index is -0.434. The summed E-state index contributed by atoms with van der Waals surface area (Å²) in [5.41, 5.74) is 11.4.